The van der Waals surface area contributed by atoms with Gasteiger partial charge in [-0.3, -0.25) is 13.9 Å². The van der Waals surface area contributed by atoms with Gasteiger partial charge in [-0.1, -0.05) is 78.9 Å². The monoisotopic (exact) mass is 432 g/mol. The molecular formula is C28H21N2OP. The second-order valence-electron chi connectivity index (χ2n) is 7.86. The van der Waals surface area contributed by atoms with E-state index in [1.165, 1.54) is 0 Å². The number of hydrogen-bond donors (Lipinski definition) is 0. The van der Waals surface area contributed by atoms with E-state index in [2.05, 4.69) is 36.4 Å². The lowest BCUT2D eigenvalue weighted by molar-refractivity contribution is 0.582. The predicted molar refractivity (Wildman–Crippen MR) is 135 cm³/mol. The van der Waals surface area contributed by atoms with Gasteiger partial charge in [0.2, 0.25) is 0 Å². The van der Waals surface area contributed by atoms with Crippen LogP contribution in [0.3, 0.4) is 0 Å². The van der Waals surface area contributed by atoms with Crippen molar-refractivity contribution in [3.05, 3.63) is 127 Å². The Morgan fingerprint density at radius 2 is 0.938 bits per heavy atom. The molecule has 1 aliphatic heterocycles. The Kier molecular flexibility index (Phi) is 4.38. The summed E-state index contributed by atoms with van der Waals surface area (Å²) < 4.78 is 19.5. The van der Waals surface area contributed by atoms with Crippen LogP contribution in [0.15, 0.2) is 127 Å². The van der Waals surface area contributed by atoms with E-state index in [9.17, 15) is 0 Å². The van der Waals surface area contributed by atoms with Crippen molar-refractivity contribution < 1.29 is 4.57 Å². The summed E-state index contributed by atoms with van der Waals surface area (Å²) in [4.78, 5) is 0. The predicted octanol–water partition coefficient (Wildman–Crippen LogP) is 7.65. The third-order valence-electron chi connectivity index (χ3n) is 5.95. The molecule has 32 heavy (non-hydrogen) atoms. The summed E-state index contributed by atoms with van der Waals surface area (Å²) in [5.74, 6) is 0. The van der Waals surface area contributed by atoms with Crippen molar-refractivity contribution in [2.45, 2.75) is 0 Å². The van der Waals surface area contributed by atoms with E-state index >= 15 is 4.57 Å². The quantitative estimate of drug-likeness (QED) is 0.274. The summed E-state index contributed by atoms with van der Waals surface area (Å²) >= 11 is 0. The van der Waals surface area contributed by atoms with Crippen LogP contribution in [0.2, 0.25) is 0 Å². The van der Waals surface area contributed by atoms with Crippen molar-refractivity contribution in [1.82, 2.24) is 0 Å². The van der Waals surface area contributed by atoms with Crippen LogP contribution in [0.4, 0.5) is 22.7 Å². The van der Waals surface area contributed by atoms with Crippen LogP contribution in [-0.2, 0) is 4.57 Å². The minimum atomic E-state index is -3.31. The lowest BCUT2D eigenvalue weighted by Crippen LogP contribution is -2.26. The van der Waals surface area contributed by atoms with Crippen LogP contribution in [0, 0.1) is 0 Å². The molecule has 0 amide bonds. The highest BCUT2D eigenvalue weighted by Crippen LogP contribution is 2.69. The lowest BCUT2D eigenvalue weighted by Gasteiger charge is -2.33. The summed E-state index contributed by atoms with van der Waals surface area (Å²) in [6.45, 7) is 0. The summed E-state index contributed by atoms with van der Waals surface area (Å²) in [7, 11) is -3.31. The molecule has 0 spiro atoms. The van der Waals surface area contributed by atoms with Crippen molar-refractivity contribution in [2.75, 3.05) is 9.34 Å². The van der Waals surface area contributed by atoms with Crippen molar-refractivity contribution >= 4 is 46.3 Å². The van der Waals surface area contributed by atoms with Crippen molar-refractivity contribution in [3.63, 3.8) is 0 Å². The van der Waals surface area contributed by atoms with E-state index in [1.807, 2.05) is 100 Å². The van der Waals surface area contributed by atoms with Crippen LogP contribution >= 0.6 is 7.44 Å². The average Bonchev–Trinajstić information content (AvgIpc) is 3.14. The number of hydrogen-bond acceptors (Lipinski definition) is 1. The van der Waals surface area contributed by atoms with Crippen molar-refractivity contribution in [1.29, 1.82) is 0 Å². The molecule has 0 aromatic heterocycles. The Morgan fingerprint density at radius 3 is 1.50 bits per heavy atom. The fourth-order valence-corrected chi connectivity index (χ4v) is 7.55. The van der Waals surface area contributed by atoms with E-state index in [-0.39, 0.29) is 0 Å². The van der Waals surface area contributed by atoms with Gasteiger partial charge in [0.05, 0.1) is 16.7 Å². The van der Waals surface area contributed by atoms with Gasteiger partial charge in [-0.2, -0.15) is 0 Å². The van der Waals surface area contributed by atoms with E-state index < -0.39 is 7.44 Å². The first-order valence-electron chi connectivity index (χ1n) is 10.7. The Morgan fingerprint density at radius 1 is 0.469 bits per heavy atom. The van der Waals surface area contributed by atoms with Crippen LogP contribution in [-0.4, -0.2) is 0 Å². The second kappa shape index (κ2) is 7.40. The molecule has 3 nitrogen and oxygen atoms in total. The normalized spacial score (nSPS) is 14.5. The smallest absolute Gasteiger partial charge is 0.270 e. The SMILES string of the molecule is O=P1(c2ccc3ccccc3c2)N(c2ccccc2)c2ccccc2N1c1ccccc1. The molecule has 5 aromatic carbocycles. The second-order valence-corrected chi connectivity index (χ2v) is 10.3. The molecule has 5 aromatic rings. The van der Waals surface area contributed by atoms with E-state index in [0.717, 1.165) is 38.8 Å². The van der Waals surface area contributed by atoms with E-state index in [1.54, 1.807) is 0 Å². The molecule has 0 aliphatic carbocycles. The Balaban J connectivity index is 1.68. The van der Waals surface area contributed by atoms with Gasteiger partial charge >= 0.3 is 7.44 Å². The molecule has 0 radical (unpaired) electrons. The largest absolute Gasteiger partial charge is 0.301 e. The van der Waals surface area contributed by atoms with E-state index in [0.29, 0.717) is 0 Å². The minimum absolute atomic E-state index is 0.806. The first-order chi connectivity index (χ1) is 15.8. The zero-order valence-corrected chi connectivity index (χ0v) is 18.3. The third-order valence-corrected chi connectivity index (χ3v) is 8.88. The minimum Gasteiger partial charge on any atom is -0.270 e. The van der Waals surface area contributed by atoms with Gasteiger partial charge in [0, 0.05) is 11.4 Å². The number of anilines is 4. The fourth-order valence-electron chi connectivity index (χ4n) is 4.52. The Bertz CT molecular complexity index is 1400. The molecule has 6 rings (SSSR count). The topological polar surface area (TPSA) is 23.6 Å². The molecule has 0 saturated heterocycles. The van der Waals surface area contributed by atoms with Crippen LogP contribution in [0.25, 0.3) is 10.8 Å². The fraction of sp³-hybridized carbons (Fsp3) is 0. The summed E-state index contributed by atoms with van der Waals surface area (Å²) in [6.07, 6.45) is 0. The number of fused-ring (bicyclic) bond motifs is 2. The number of nitrogens with zero attached hydrogens (tertiary/aromatic N) is 2. The molecule has 154 valence electrons. The van der Waals surface area contributed by atoms with Crippen LogP contribution < -0.4 is 14.6 Å². The summed E-state index contributed by atoms with van der Waals surface area (Å²) in [5.41, 5.74) is 3.71. The average molecular weight is 432 g/mol. The molecule has 0 N–H and O–H groups in total. The molecular weight excluding hydrogens is 411 g/mol. The molecule has 0 saturated carbocycles. The van der Waals surface area contributed by atoms with Gasteiger partial charge < -0.3 is 0 Å². The molecule has 4 heteroatoms. The third kappa shape index (κ3) is 2.79. The van der Waals surface area contributed by atoms with Crippen LogP contribution in [0.5, 0.6) is 0 Å². The van der Waals surface area contributed by atoms with Gasteiger partial charge in [0.25, 0.3) is 0 Å². The first kappa shape index (κ1) is 18.9. The van der Waals surface area contributed by atoms with Gasteiger partial charge in [-0.15, -0.1) is 0 Å². The summed E-state index contributed by atoms with van der Waals surface area (Å²) in [6, 6.07) is 42.6. The molecule has 0 unspecified atom stereocenters. The van der Waals surface area contributed by atoms with Gasteiger partial charge in [-0.05, 0) is 59.3 Å². The Hall–Kier alpha value is -3.81. The maximum atomic E-state index is 15.4. The molecule has 0 bridgehead atoms. The van der Waals surface area contributed by atoms with Gasteiger partial charge in [-0.25, -0.2) is 0 Å². The number of benzene rings is 5. The van der Waals surface area contributed by atoms with E-state index in [4.69, 9.17) is 0 Å². The van der Waals surface area contributed by atoms with Gasteiger partial charge in [0.1, 0.15) is 0 Å². The molecule has 0 fully saturated rings. The summed E-state index contributed by atoms with van der Waals surface area (Å²) in [5, 5.41) is 3.02. The number of para-hydroxylation sites is 4. The highest BCUT2D eigenvalue weighted by atomic mass is 31.2. The maximum absolute atomic E-state index is 15.4. The highest BCUT2D eigenvalue weighted by Gasteiger charge is 2.48. The highest BCUT2D eigenvalue weighted by molar-refractivity contribution is 7.76. The zero-order chi connectivity index (χ0) is 21.5. The van der Waals surface area contributed by atoms with Crippen molar-refractivity contribution in [2.24, 2.45) is 0 Å². The standard InChI is InChI=1S/C28H21N2OP/c31-32(26-20-19-22-11-7-8-12-23(22)21-26)29(24-13-3-1-4-14-24)27-17-9-10-18-28(27)30(32)25-15-5-2-6-16-25/h1-21H. The molecule has 1 heterocycles. The molecule has 0 atom stereocenters. The number of rotatable bonds is 3. The Labute approximate surface area is 187 Å². The zero-order valence-electron chi connectivity index (χ0n) is 17.4. The first-order valence-corrected chi connectivity index (χ1v) is 12.3. The van der Waals surface area contributed by atoms with Gasteiger partial charge in [0.15, 0.2) is 0 Å². The lowest BCUT2D eigenvalue weighted by atomic mass is 10.1. The van der Waals surface area contributed by atoms with Crippen LogP contribution in [0.1, 0.15) is 0 Å². The maximum Gasteiger partial charge on any atom is 0.301 e. The molecule has 1 aliphatic rings. The van der Waals surface area contributed by atoms with Crippen molar-refractivity contribution in [3.8, 4) is 0 Å².